The van der Waals surface area contributed by atoms with Gasteiger partial charge in [0.05, 0.1) is 12.1 Å². The van der Waals surface area contributed by atoms with E-state index in [1.165, 1.54) is 23.5 Å². The molecule has 3 rings (SSSR count). The third kappa shape index (κ3) is 4.02. The number of carbonyl (C=O) groups excluding carboxylic acids is 1. The smallest absolute Gasteiger partial charge is 0.230 e. The van der Waals surface area contributed by atoms with E-state index in [9.17, 15) is 9.18 Å². The molecule has 23 heavy (non-hydrogen) atoms. The van der Waals surface area contributed by atoms with Crippen molar-refractivity contribution in [3.05, 3.63) is 71.0 Å². The average Bonchev–Trinajstić information content (AvgIpc) is 2.98. The summed E-state index contributed by atoms with van der Waals surface area (Å²) in [6.45, 7) is 1.99. The number of nitrogens with zero attached hydrogens (tertiary/aromatic N) is 1. The second kappa shape index (κ2) is 6.71. The van der Waals surface area contributed by atoms with E-state index in [0.717, 1.165) is 16.8 Å². The van der Waals surface area contributed by atoms with Gasteiger partial charge in [-0.3, -0.25) is 4.79 Å². The van der Waals surface area contributed by atoms with Crippen molar-refractivity contribution in [3.8, 4) is 10.6 Å². The Bertz CT molecular complexity index is 827. The number of amides is 1. The van der Waals surface area contributed by atoms with Crippen molar-refractivity contribution in [2.24, 2.45) is 0 Å². The topological polar surface area (TPSA) is 42.0 Å². The monoisotopic (exact) mass is 326 g/mol. The van der Waals surface area contributed by atoms with Crippen LogP contribution < -0.4 is 5.32 Å². The Morgan fingerprint density at radius 3 is 2.74 bits per heavy atom. The van der Waals surface area contributed by atoms with Crippen LogP contribution in [0.5, 0.6) is 0 Å². The third-order valence-corrected chi connectivity index (χ3v) is 4.24. The zero-order valence-corrected chi connectivity index (χ0v) is 13.4. The molecule has 3 aromatic rings. The molecule has 0 unspecified atom stereocenters. The molecule has 0 atom stereocenters. The minimum atomic E-state index is -0.295. The van der Waals surface area contributed by atoms with Gasteiger partial charge in [0, 0.05) is 16.6 Å². The van der Waals surface area contributed by atoms with Gasteiger partial charge < -0.3 is 5.32 Å². The number of benzene rings is 2. The number of rotatable bonds is 4. The summed E-state index contributed by atoms with van der Waals surface area (Å²) in [6, 6.07) is 13.9. The molecule has 0 aliphatic carbocycles. The fraction of sp³-hybridized carbons (Fsp3) is 0.111. The molecule has 0 spiro atoms. The number of hydrogen-bond donors (Lipinski definition) is 1. The Morgan fingerprint density at radius 2 is 2.00 bits per heavy atom. The van der Waals surface area contributed by atoms with Gasteiger partial charge in [-0.25, -0.2) is 9.37 Å². The van der Waals surface area contributed by atoms with Crippen molar-refractivity contribution in [2.75, 3.05) is 5.32 Å². The van der Waals surface area contributed by atoms with Crippen LogP contribution in [0.25, 0.3) is 10.6 Å². The predicted molar refractivity (Wildman–Crippen MR) is 91.0 cm³/mol. The van der Waals surface area contributed by atoms with Crippen molar-refractivity contribution in [1.29, 1.82) is 0 Å². The molecular weight excluding hydrogens is 311 g/mol. The summed E-state index contributed by atoms with van der Waals surface area (Å²) in [7, 11) is 0. The van der Waals surface area contributed by atoms with E-state index in [4.69, 9.17) is 0 Å². The number of halogens is 1. The van der Waals surface area contributed by atoms with Crippen molar-refractivity contribution < 1.29 is 9.18 Å². The van der Waals surface area contributed by atoms with E-state index in [0.29, 0.717) is 10.7 Å². The summed E-state index contributed by atoms with van der Waals surface area (Å²) < 4.78 is 13.3. The SMILES string of the molecule is Cc1ccc(NC(=O)Cc2csc(-c3cccc(F)c3)n2)cc1. The van der Waals surface area contributed by atoms with Gasteiger partial charge in [-0.2, -0.15) is 0 Å². The minimum Gasteiger partial charge on any atom is -0.326 e. The number of anilines is 1. The quantitative estimate of drug-likeness (QED) is 0.770. The zero-order chi connectivity index (χ0) is 16.2. The lowest BCUT2D eigenvalue weighted by Gasteiger charge is -2.04. The first-order valence-corrected chi connectivity index (χ1v) is 8.05. The first-order chi connectivity index (χ1) is 11.1. The van der Waals surface area contributed by atoms with Gasteiger partial charge in [-0.15, -0.1) is 11.3 Å². The number of nitrogens with one attached hydrogen (secondary N) is 1. The summed E-state index contributed by atoms with van der Waals surface area (Å²) in [6.07, 6.45) is 0.194. The summed E-state index contributed by atoms with van der Waals surface area (Å²) in [4.78, 5) is 16.5. The molecule has 0 aliphatic heterocycles. The second-order valence-corrected chi connectivity index (χ2v) is 6.10. The molecule has 1 amide bonds. The van der Waals surface area contributed by atoms with E-state index >= 15 is 0 Å². The molecule has 0 saturated heterocycles. The number of aryl methyl sites for hydroxylation is 1. The molecule has 1 N–H and O–H groups in total. The zero-order valence-electron chi connectivity index (χ0n) is 12.5. The molecule has 3 nitrogen and oxygen atoms in total. The molecule has 0 saturated carbocycles. The summed E-state index contributed by atoms with van der Waals surface area (Å²) >= 11 is 1.40. The lowest BCUT2D eigenvalue weighted by Crippen LogP contribution is -2.14. The number of carbonyl (C=O) groups is 1. The molecule has 2 aromatic carbocycles. The van der Waals surface area contributed by atoms with E-state index in [2.05, 4.69) is 10.3 Å². The third-order valence-electron chi connectivity index (χ3n) is 3.30. The lowest BCUT2D eigenvalue weighted by atomic mass is 10.2. The van der Waals surface area contributed by atoms with E-state index in [-0.39, 0.29) is 18.1 Å². The van der Waals surface area contributed by atoms with Gasteiger partial charge >= 0.3 is 0 Å². The highest BCUT2D eigenvalue weighted by Gasteiger charge is 2.10. The maximum Gasteiger partial charge on any atom is 0.230 e. The molecule has 5 heteroatoms. The first kappa shape index (κ1) is 15.4. The van der Waals surface area contributed by atoms with Crippen LogP contribution >= 0.6 is 11.3 Å². The Balaban J connectivity index is 1.66. The van der Waals surface area contributed by atoms with Gasteiger partial charge in [0.1, 0.15) is 10.8 Å². The fourth-order valence-electron chi connectivity index (χ4n) is 2.15. The van der Waals surface area contributed by atoms with Crippen LogP contribution in [-0.4, -0.2) is 10.9 Å². The van der Waals surface area contributed by atoms with Crippen LogP contribution in [-0.2, 0) is 11.2 Å². The van der Waals surface area contributed by atoms with Crippen molar-refractivity contribution >= 4 is 22.9 Å². The summed E-state index contributed by atoms with van der Waals surface area (Å²) in [5.41, 5.74) is 3.31. The second-order valence-electron chi connectivity index (χ2n) is 5.25. The Labute approximate surface area is 137 Å². The highest BCUT2D eigenvalue weighted by atomic mass is 32.1. The van der Waals surface area contributed by atoms with Crippen LogP contribution in [0.15, 0.2) is 53.9 Å². The van der Waals surface area contributed by atoms with Crippen LogP contribution in [0.2, 0.25) is 0 Å². The molecule has 0 radical (unpaired) electrons. The molecule has 0 fully saturated rings. The van der Waals surface area contributed by atoms with Gasteiger partial charge in [-0.1, -0.05) is 29.8 Å². The van der Waals surface area contributed by atoms with Gasteiger partial charge in [0.25, 0.3) is 0 Å². The van der Waals surface area contributed by atoms with Crippen LogP contribution in [0.1, 0.15) is 11.3 Å². The Kier molecular flexibility index (Phi) is 4.48. The van der Waals surface area contributed by atoms with E-state index in [1.54, 1.807) is 12.1 Å². The standard InChI is InChI=1S/C18H15FN2OS/c1-12-5-7-15(8-6-12)20-17(22)10-16-11-23-18(21-16)13-3-2-4-14(19)9-13/h2-9,11H,10H2,1H3,(H,20,22). The number of hydrogen-bond acceptors (Lipinski definition) is 3. The normalized spacial score (nSPS) is 10.5. The minimum absolute atomic E-state index is 0.120. The number of thiazole rings is 1. The molecule has 1 aromatic heterocycles. The van der Waals surface area contributed by atoms with Gasteiger partial charge in [-0.05, 0) is 31.2 Å². The Hall–Kier alpha value is -2.53. The largest absolute Gasteiger partial charge is 0.326 e. The molecular formula is C18H15FN2OS. The molecule has 0 bridgehead atoms. The van der Waals surface area contributed by atoms with Crippen LogP contribution in [0, 0.1) is 12.7 Å². The number of aromatic nitrogens is 1. The van der Waals surface area contributed by atoms with E-state index in [1.807, 2.05) is 36.6 Å². The predicted octanol–water partition coefficient (Wildman–Crippen LogP) is 4.44. The summed E-state index contributed by atoms with van der Waals surface area (Å²) in [5, 5.41) is 5.38. The van der Waals surface area contributed by atoms with Gasteiger partial charge in [0.15, 0.2) is 0 Å². The van der Waals surface area contributed by atoms with Gasteiger partial charge in [0.2, 0.25) is 5.91 Å². The van der Waals surface area contributed by atoms with E-state index < -0.39 is 0 Å². The lowest BCUT2D eigenvalue weighted by molar-refractivity contribution is -0.115. The molecule has 116 valence electrons. The highest BCUT2D eigenvalue weighted by Crippen LogP contribution is 2.24. The Morgan fingerprint density at radius 1 is 1.22 bits per heavy atom. The van der Waals surface area contributed by atoms with Crippen LogP contribution in [0.3, 0.4) is 0 Å². The first-order valence-electron chi connectivity index (χ1n) is 7.17. The van der Waals surface area contributed by atoms with Crippen molar-refractivity contribution in [2.45, 2.75) is 13.3 Å². The maximum atomic E-state index is 13.3. The summed E-state index contributed by atoms with van der Waals surface area (Å²) in [5.74, 6) is -0.415. The fourth-order valence-corrected chi connectivity index (χ4v) is 2.97. The van der Waals surface area contributed by atoms with Crippen LogP contribution in [0.4, 0.5) is 10.1 Å². The van der Waals surface area contributed by atoms with Crippen molar-refractivity contribution in [1.82, 2.24) is 4.98 Å². The molecule has 0 aliphatic rings. The van der Waals surface area contributed by atoms with Crippen molar-refractivity contribution in [3.63, 3.8) is 0 Å². The molecule has 1 heterocycles. The highest BCUT2D eigenvalue weighted by molar-refractivity contribution is 7.13. The average molecular weight is 326 g/mol. The maximum absolute atomic E-state index is 13.3.